The number of nitrogens with one attached hydrogen (secondary N) is 2. The summed E-state index contributed by atoms with van der Waals surface area (Å²) in [7, 11) is 0. The molecule has 0 fully saturated rings. The van der Waals surface area contributed by atoms with Crippen molar-refractivity contribution in [3.05, 3.63) is 111 Å². The maximum atomic E-state index is 11.7. The van der Waals surface area contributed by atoms with Crippen molar-refractivity contribution in [1.29, 1.82) is 0 Å². The van der Waals surface area contributed by atoms with Crippen LogP contribution in [0.15, 0.2) is 30.3 Å². The Morgan fingerprint density at radius 1 is 0.409 bits per heavy atom. The lowest BCUT2D eigenvalue weighted by molar-refractivity contribution is -0.402. The Morgan fingerprint density at radius 3 is 0.886 bits per heavy atom. The molecule has 0 aliphatic heterocycles. The third-order valence-electron chi connectivity index (χ3n) is 5.22. The molecule has 3 rings (SSSR count). The summed E-state index contributed by atoms with van der Waals surface area (Å²) in [5, 5.41) is 95.8. The first-order valence-corrected chi connectivity index (χ1v) is 10.5. The predicted octanol–water partition coefficient (Wildman–Crippen LogP) is 3.83. The zero-order chi connectivity index (χ0) is 33.2. The summed E-state index contributed by atoms with van der Waals surface area (Å²) in [5.41, 5.74) is -12.5. The molecular weight excluding hydrogens is 614 g/mol. The monoisotopic (exact) mass is 621 g/mol. The van der Waals surface area contributed by atoms with Gasteiger partial charge in [0, 0.05) is 11.1 Å². The molecule has 0 saturated heterocycles. The summed E-state index contributed by atoms with van der Waals surface area (Å²) < 4.78 is 0. The molecule has 2 N–H and O–H groups in total. The van der Waals surface area contributed by atoms with Crippen molar-refractivity contribution in [2.75, 3.05) is 10.6 Å². The Kier molecular flexibility index (Phi) is 8.07. The number of hydrogen-bond acceptors (Lipinski definition) is 19. The lowest BCUT2D eigenvalue weighted by Crippen LogP contribution is -2.09. The molecule has 1 heterocycles. The first kappa shape index (κ1) is 30.9. The van der Waals surface area contributed by atoms with E-state index in [0.29, 0.717) is 6.07 Å². The molecule has 0 spiro atoms. The quantitative estimate of drug-likeness (QED) is 0.214. The minimum atomic E-state index is -1.53. The molecule has 2 aromatic carbocycles. The van der Waals surface area contributed by atoms with Crippen molar-refractivity contribution in [1.82, 2.24) is 4.98 Å². The first-order valence-electron chi connectivity index (χ1n) is 10.5. The van der Waals surface area contributed by atoms with Crippen LogP contribution in [0.4, 0.5) is 68.5 Å². The van der Waals surface area contributed by atoms with E-state index >= 15 is 0 Å². The van der Waals surface area contributed by atoms with Gasteiger partial charge in [0.1, 0.15) is 11.4 Å². The van der Waals surface area contributed by atoms with Crippen LogP contribution < -0.4 is 10.6 Å². The molecule has 27 nitrogen and oxygen atoms in total. The maximum absolute atomic E-state index is 11.7. The molecule has 27 heteroatoms. The van der Waals surface area contributed by atoms with Gasteiger partial charge in [-0.3, -0.25) is 60.7 Å². The van der Waals surface area contributed by atoms with Gasteiger partial charge in [0.05, 0.1) is 53.8 Å². The molecule has 44 heavy (non-hydrogen) atoms. The average molecular weight is 621 g/mol. The minimum Gasteiger partial charge on any atom is -0.358 e. The molecule has 0 unspecified atom stereocenters. The van der Waals surface area contributed by atoms with Crippen molar-refractivity contribution >= 4 is 68.5 Å². The summed E-state index contributed by atoms with van der Waals surface area (Å²) in [4.78, 5) is 84.5. The van der Waals surface area contributed by atoms with Gasteiger partial charge < -0.3 is 30.9 Å². The topological polar surface area (TPSA) is 382 Å². The molecule has 0 atom stereocenters. The number of non-ortho nitro benzene ring substituents is 2. The smallest absolute Gasteiger partial charge is 0.358 e. The van der Waals surface area contributed by atoms with E-state index < -0.39 is 108 Å². The van der Waals surface area contributed by atoms with E-state index in [2.05, 4.69) is 4.98 Å². The fourth-order valence-electron chi connectivity index (χ4n) is 3.46. The van der Waals surface area contributed by atoms with Crippen LogP contribution in [0.5, 0.6) is 0 Å². The average Bonchev–Trinajstić information content (AvgIpc) is 2.91. The summed E-state index contributed by atoms with van der Waals surface area (Å²) in [6.45, 7) is 0. The summed E-state index contributed by atoms with van der Waals surface area (Å²) in [5.74, 6) is -3.06. The fourth-order valence-corrected chi connectivity index (χ4v) is 3.46. The molecule has 0 aliphatic carbocycles. The van der Waals surface area contributed by atoms with Crippen molar-refractivity contribution in [3.8, 4) is 0 Å². The normalized spacial score (nSPS) is 10.4. The van der Waals surface area contributed by atoms with Crippen LogP contribution in [0.25, 0.3) is 0 Å². The Balaban J connectivity index is 2.39. The number of anilines is 4. The second-order valence-electron chi connectivity index (χ2n) is 7.76. The predicted molar refractivity (Wildman–Crippen MR) is 137 cm³/mol. The maximum Gasteiger partial charge on any atom is 0.392 e. The number of hydrogen-bond donors (Lipinski definition) is 2. The Hall–Kier alpha value is -7.61. The first-order chi connectivity index (χ1) is 20.4. The van der Waals surface area contributed by atoms with Crippen molar-refractivity contribution in [3.63, 3.8) is 0 Å². The highest BCUT2D eigenvalue weighted by atomic mass is 16.7. The van der Waals surface area contributed by atoms with E-state index in [1.165, 1.54) is 0 Å². The molecule has 1 aromatic heterocycles. The molecular formula is C17H7N11O16. The van der Waals surface area contributed by atoms with Gasteiger partial charge in [-0.2, -0.15) is 0 Å². The molecule has 0 amide bonds. The number of aromatic nitrogens is 1. The number of nitro groups is 8. The van der Waals surface area contributed by atoms with E-state index in [4.69, 9.17) is 0 Å². The highest BCUT2D eigenvalue weighted by molar-refractivity contribution is 5.88. The number of nitrogens with zero attached hydrogens (tertiary/aromatic N) is 9. The molecule has 0 saturated carbocycles. The van der Waals surface area contributed by atoms with E-state index in [9.17, 15) is 80.9 Å². The zero-order valence-corrected chi connectivity index (χ0v) is 20.4. The van der Waals surface area contributed by atoms with Gasteiger partial charge in [0.15, 0.2) is 11.4 Å². The van der Waals surface area contributed by atoms with E-state index in [1.807, 2.05) is 10.6 Å². The highest BCUT2D eigenvalue weighted by Gasteiger charge is 2.36. The lowest BCUT2D eigenvalue weighted by atomic mass is 10.1. The van der Waals surface area contributed by atoms with Crippen LogP contribution in [0, 0.1) is 80.9 Å². The fraction of sp³-hybridized carbons (Fsp3) is 0. The van der Waals surface area contributed by atoms with Crippen LogP contribution in [-0.2, 0) is 0 Å². The second kappa shape index (κ2) is 11.5. The molecule has 0 aliphatic rings. The van der Waals surface area contributed by atoms with Gasteiger partial charge in [-0.05, 0) is 9.85 Å². The molecule has 0 bridgehead atoms. The van der Waals surface area contributed by atoms with Gasteiger partial charge in [0.2, 0.25) is 0 Å². The highest BCUT2D eigenvalue weighted by Crippen LogP contribution is 2.45. The van der Waals surface area contributed by atoms with Crippen LogP contribution in [-0.4, -0.2) is 44.4 Å². The number of benzene rings is 2. The van der Waals surface area contributed by atoms with Crippen molar-refractivity contribution in [2.45, 2.75) is 0 Å². The van der Waals surface area contributed by atoms with Crippen LogP contribution in [0.2, 0.25) is 0 Å². The summed E-state index contributed by atoms with van der Waals surface area (Å²) >= 11 is 0. The number of nitro benzene ring substituents is 6. The molecule has 226 valence electrons. The Labute approximate surface area is 235 Å². The standard InChI is InChI=1S/C17H7N11O16/c29-21(30)6-1-10(23(33)34)14(11(2-6)24(35)36)18-8-5-9(17(28(43)44)20-16(8)27(41)42)19-15-12(25(37)38)3-7(22(31)32)4-13(15)26(39)40/h1-5,18-19H. The largest absolute Gasteiger partial charge is 0.392 e. The third kappa shape index (κ3) is 5.93. The van der Waals surface area contributed by atoms with Crippen LogP contribution in [0.1, 0.15) is 0 Å². The van der Waals surface area contributed by atoms with Crippen molar-refractivity contribution in [2.24, 2.45) is 0 Å². The Bertz CT molecular complexity index is 1660. The van der Waals surface area contributed by atoms with E-state index in [0.717, 1.165) is 0 Å². The van der Waals surface area contributed by atoms with Crippen molar-refractivity contribution < 1.29 is 39.4 Å². The van der Waals surface area contributed by atoms with Gasteiger partial charge in [-0.25, -0.2) is 0 Å². The van der Waals surface area contributed by atoms with Gasteiger partial charge >= 0.3 is 34.4 Å². The number of rotatable bonds is 12. The van der Waals surface area contributed by atoms with E-state index in [-0.39, 0.29) is 24.3 Å². The lowest BCUT2D eigenvalue weighted by Gasteiger charge is -2.12. The molecule has 0 radical (unpaired) electrons. The SMILES string of the molecule is O=[N+]([O-])c1cc([N+](=O)[O-])c(Nc2cc(Nc3c([N+](=O)[O-])cc([N+](=O)[O-])cc3[N+](=O)[O-])c([N+](=O)[O-])nc2[N+](=O)[O-])c([N+](=O)[O-])c1. The Morgan fingerprint density at radius 2 is 0.682 bits per heavy atom. The van der Waals surface area contributed by atoms with Crippen LogP contribution >= 0.6 is 0 Å². The zero-order valence-electron chi connectivity index (χ0n) is 20.4. The molecule has 3 aromatic rings. The van der Waals surface area contributed by atoms with Gasteiger partial charge in [-0.15, -0.1) is 0 Å². The minimum absolute atomic E-state index is 0.239. The summed E-state index contributed by atoms with van der Waals surface area (Å²) in [6.07, 6.45) is 0. The number of pyridine rings is 1. The van der Waals surface area contributed by atoms with E-state index in [1.54, 1.807) is 0 Å². The third-order valence-corrected chi connectivity index (χ3v) is 5.22. The van der Waals surface area contributed by atoms with Crippen LogP contribution in [0.3, 0.4) is 0 Å². The second-order valence-corrected chi connectivity index (χ2v) is 7.76. The van der Waals surface area contributed by atoms with Gasteiger partial charge in [0.25, 0.3) is 11.4 Å². The summed E-state index contributed by atoms with van der Waals surface area (Å²) in [6, 6.07) is 1.27. The van der Waals surface area contributed by atoms with Gasteiger partial charge in [-0.1, -0.05) is 0 Å².